The number of hydrogen-bond acceptors (Lipinski definition) is 2. The van der Waals surface area contributed by atoms with Gasteiger partial charge in [0.15, 0.2) is 0 Å². The first-order chi connectivity index (χ1) is 11.2. The average Bonchev–Trinajstić information content (AvgIpc) is 2.59. The van der Waals surface area contributed by atoms with Gasteiger partial charge in [-0.2, -0.15) is 0 Å². The van der Waals surface area contributed by atoms with Crippen molar-refractivity contribution in [1.82, 2.24) is 5.32 Å². The Labute approximate surface area is 150 Å². The molecule has 1 amide bonds. The molecular formula is C19H20INO2. The van der Waals surface area contributed by atoms with Crippen molar-refractivity contribution in [2.24, 2.45) is 0 Å². The monoisotopic (exact) mass is 421 g/mol. The number of halogens is 1. The van der Waals surface area contributed by atoms with Gasteiger partial charge < -0.3 is 10.1 Å². The molecule has 23 heavy (non-hydrogen) atoms. The molecule has 0 fully saturated rings. The van der Waals surface area contributed by atoms with E-state index in [-0.39, 0.29) is 5.91 Å². The number of carbonyl (C=O) groups is 1. The van der Waals surface area contributed by atoms with Gasteiger partial charge in [-0.1, -0.05) is 6.07 Å². The molecule has 0 heterocycles. The molecule has 1 aliphatic rings. The summed E-state index contributed by atoms with van der Waals surface area (Å²) in [4.78, 5) is 12.0. The molecule has 0 bridgehead atoms. The number of hydrogen-bond donors (Lipinski definition) is 1. The molecule has 0 aliphatic heterocycles. The van der Waals surface area contributed by atoms with Crippen LogP contribution in [-0.2, 0) is 12.8 Å². The van der Waals surface area contributed by atoms with Crippen LogP contribution < -0.4 is 10.1 Å². The third-order valence-corrected chi connectivity index (χ3v) is 4.80. The van der Waals surface area contributed by atoms with Crippen LogP contribution in [0.1, 0.15) is 34.3 Å². The molecule has 0 spiro atoms. The minimum atomic E-state index is -0.0598. The number of aryl methyl sites for hydroxylation is 2. The number of amides is 1. The van der Waals surface area contributed by atoms with Gasteiger partial charge in [-0.3, -0.25) is 4.79 Å². The molecule has 2 aromatic carbocycles. The molecule has 0 radical (unpaired) electrons. The van der Waals surface area contributed by atoms with Crippen molar-refractivity contribution in [3.8, 4) is 5.75 Å². The van der Waals surface area contributed by atoms with Crippen LogP contribution in [0.3, 0.4) is 0 Å². The number of ether oxygens (including phenoxy) is 1. The predicted molar refractivity (Wildman–Crippen MR) is 100 cm³/mol. The third kappa shape index (κ3) is 4.47. The zero-order valence-electron chi connectivity index (χ0n) is 13.0. The van der Waals surface area contributed by atoms with Crippen LogP contribution in [-0.4, -0.2) is 19.1 Å². The first-order valence-electron chi connectivity index (χ1n) is 8.01. The minimum Gasteiger partial charge on any atom is -0.492 e. The highest BCUT2D eigenvalue weighted by Crippen LogP contribution is 2.25. The van der Waals surface area contributed by atoms with Crippen LogP contribution in [0.15, 0.2) is 42.5 Å². The van der Waals surface area contributed by atoms with E-state index in [1.807, 2.05) is 30.3 Å². The molecule has 0 saturated carbocycles. The lowest BCUT2D eigenvalue weighted by Crippen LogP contribution is -2.28. The molecule has 4 heteroatoms. The van der Waals surface area contributed by atoms with Crippen molar-refractivity contribution in [2.45, 2.75) is 25.7 Å². The second kappa shape index (κ2) is 7.81. The fourth-order valence-corrected chi connectivity index (χ4v) is 3.20. The number of fused-ring (bicyclic) bond motifs is 1. The molecule has 120 valence electrons. The van der Waals surface area contributed by atoms with Gasteiger partial charge in [-0.15, -0.1) is 0 Å². The highest BCUT2D eigenvalue weighted by atomic mass is 127. The van der Waals surface area contributed by atoms with Crippen LogP contribution in [0.5, 0.6) is 5.75 Å². The van der Waals surface area contributed by atoms with E-state index in [1.54, 1.807) is 0 Å². The van der Waals surface area contributed by atoms with Crippen LogP contribution in [0.2, 0.25) is 0 Å². The summed E-state index contributed by atoms with van der Waals surface area (Å²) in [5.41, 5.74) is 3.55. The number of benzene rings is 2. The SMILES string of the molecule is O=C(NCCOc1ccc2c(c1)CCCC2)c1ccc(I)cc1. The number of carbonyl (C=O) groups excluding carboxylic acids is 1. The second-order valence-corrected chi connectivity index (χ2v) is 6.99. The highest BCUT2D eigenvalue weighted by molar-refractivity contribution is 14.1. The first-order valence-corrected chi connectivity index (χ1v) is 9.08. The van der Waals surface area contributed by atoms with Crippen molar-refractivity contribution in [2.75, 3.05) is 13.2 Å². The van der Waals surface area contributed by atoms with Crippen molar-refractivity contribution < 1.29 is 9.53 Å². The maximum atomic E-state index is 12.0. The summed E-state index contributed by atoms with van der Waals surface area (Å²) in [6.07, 6.45) is 4.89. The first kappa shape index (κ1) is 16.3. The van der Waals surface area contributed by atoms with E-state index in [0.717, 1.165) is 15.7 Å². The maximum Gasteiger partial charge on any atom is 0.251 e. The summed E-state index contributed by atoms with van der Waals surface area (Å²) in [5.74, 6) is 0.838. The summed E-state index contributed by atoms with van der Waals surface area (Å²) in [7, 11) is 0. The Hall–Kier alpha value is -1.56. The molecule has 1 N–H and O–H groups in total. The Morgan fingerprint density at radius 1 is 1.04 bits per heavy atom. The Balaban J connectivity index is 1.46. The van der Waals surface area contributed by atoms with Crippen LogP contribution in [0.4, 0.5) is 0 Å². The van der Waals surface area contributed by atoms with Gasteiger partial charge in [0.1, 0.15) is 12.4 Å². The van der Waals surface area contributed by atoms with E-state index in [9.17, 15) is 4.79 Å². The van der Waals surface area contributed by atoms with E-state index in [0.29, 0.717) is 18.7 Å². The zero-order valence-corrected chi connectivity index (χ0v) is 15.1. The summed E-state index contributed by atoms with van der Waals surface area (Å²) >= 11 is 2.22. The largest absolute Gasteiger partial charge is 0.492 e. The van der Waals surface area contributed by atoms with Gasteiger partial charge >= 0.3 is 0 Å². The Morgan fingerprint density at radius 2 is 1.78 bits per heavy atom. The predicted octanol–water partition coefficient (Wildman–Crippen LogP) is 3.98. The fraction of sp³-hybridized carbons (Fsp3) is 0.316. The van der Waals surface area contributed by atoms with Crippen molar-refractivity contribution in [1.29, 1.82) is 0 Å². The summed E-state index contributed by atoms with van der Waals surface area (Å²) in [6.45, 7) is 0.983. The van der Waals surface area contributed by atoms with E-state index in [2.05, 4.69) is 40.0 Å². The molecule has 0 unspecified atom stereocenters. The lowest BCUT2D eigenvalue weighted by atomic mass is 9.92. The van der Waals surface area contributed by atoms with E-state index in [4.69, 9.17) is 4.74 Å². The molecule has 2 aromatic rings. The van der Waals surface area contributed by atoms with Crippen LogP contribution >= 0.6 is 22.6 Å². The normalized spacial score (nSPS) is 13.3. The second-order valence-electron chi connectivity index (χ2n) is 5.75. The number of nitrogens with one attached hydrogen (secondary N) is 1. The molecule has 3 rings (SSSR count). The summed E-state index contributed by atoms with van der Waals surface area (Å²) in [6, 6.07) is 13.9. The van der Waals surface area contributed by atoms with Gasteiger partial charge in [-0.25, -0.2) is 0 Å². The molecule has 3 nitrogen and oxygen atoms in total. The quantitative estimate of drug-likeness (QED) is 0.586. The Morgan fingerprint density at radius 3 is 2.57 bits per heavy atom. The van der Waals surface area contributed by atoms with Crippen LogP contribution in [0.25, 0.3) is 0 Å². The third-order valence-electron chi connectivity index (χ3n) is 4.08. The summed E-state index contributed by atoms with van der Waals surface area (Å²) in [5, 5.41) is 2.88. The molecule has 0 aromatic heterocycles. The fourth-order valence-electron chi connectivity index (χ4n) is 2.84. The standard InChI is InChI=1S/C19H20INO2/c20-17-8-5-15(6-9-17)19(22)21-11-12-23-18-10-7-14-3-1-2-4-16(14)13-18/h5-10,13H,1-4,11-12H2,(H,21,22). The smallest absolute Gasteiger partial charge is 0.251 e. The van der Waals surface area contributed by atoms with Gasteiger partial charge in [0.05, 0.1) is 6.54 Å². The average molecular weight is 421 g/mol. The van der Waals surface area contributed by atoms with Gasteiger partial charge in [0.25, 0.3) is 5.91 Å². The molecule has 0 atom stereocenters. The van der Waals surface area contributed by atoms with E-state index in [1.165, 1.54) is 30.4 Å². The van der Waals surface area contributed by atoms with Crippen molar-refractivity contribution in [3.05, 3.63) is 62.7 Å². The zero-order chi connectivity index (χ0) is 16.1. The lowest BCUT2D eigenvalue weighted by molar-refractivity contribution is 0.0947. The van der Waals surface area contributed by atoms with Crippen LogP contribution in [0, 0.1) is 3.57 Å². The van der Waals surface area contributed by atoms with Crippen molar-refractivity contribution >= 4 is 28.5 Å². The lowest BCUT2D eigenvalue weighted by Gasteiger charge is -2.16. The number of rotatable bonds is 5. The maximum absolute atomic E-state index is 12.0. The molecular weight excluding hydrogens is 401 g/mol. The molecule has 0 saturated heterocycles. The van der Waals surface area contributed by atoms with E-state index < -0.39 is 0 Å². The van der Waals surface area contributed by atoms with Gasteiger partial charge in [0, 0.05) is 9.13 Å². The Bertz CT molecular complexity index is 682. The van der Waals surface area contributed by atoms with Gasteiger partial charge in [-0.05, 0) is 95.8 Å². The summed E-state index contributed by atoms with van der Waals surface area (Å²) < 4.78 is 6.88. The Kier molecular flexibility index (Phi) is 5.54. The molecule has 1 aliphatic carbocycles. The van der Waals surface area contributed by atoms with E-state index >= 15 is 0 Å². The van der Waals surface area contributed by atoms with Gasteiger partial charge in [0.2, 0.25) is 0 Å². The minimum absolute atomic E-state index is 0.0598. The van der Waals surface area contributed by atoms with Crippen molar-refractivity contribution in [3.63, 3.8) is 0 Å². The topological polar surface area (TPSA) is 38.3 Å². The highest BCUT2D eigenvalue weighted by Gasteiger charge is 2.10.